The second-order valence-electron chi connectivity index (χ2n) is 7.53. The average molecular weight is 373 g/mol. The van der Waals surface area contributed by atoms with Crippen LogP contribution in [0.3, 0.4) is 0 Å². The molecule has 2 heterocycles. The number of piperidine rings is 1. The Kier molecular flexibility index (Phi) is 8.46. The molecule has 0 aromatic rings. The number of carbonyl (C=O) groups excluding carboxylic acids is 2. The zero-order valence-electron chi connectivity index (χ0n) is 15.2. The van der Waals surface area contributed by atoms with Gasteiger partial charge in [-0.05, 0) is 38.8 Å². The first-order chi connectivity index (χ1) is 11.7. The number of hydrogen-bond acceptors (Lipinski definition) is 4. The van der Waals surface area contributed by atoms with Crippen LogP contribution in [-0.4, -0.2) is 73.5 Å². The van der Waals surface area contributed by atoms with Gasteiger partial charge in [-0.1, -0.05) is 19.3 Å². The van der Waals surface area contributed by atoms with Crippen LogP contribution in [0.2, 0.25) is 0 Å². The van der Waals surface area contributed by atoms with Crippen molar-refractivity contribution in [2.75, 3.05) is 45.8 Å². The highest BCUT2D eigenvalue weighted by Gasteiger charge is 2.29. The summed E-state index contributed by atoms with van der Waals surface area (Å²) in [6, 6.07) is 0.383. The van der Waals surface area contributed by atoms with Gasteiger partial charge < -0.3 is 15.5 Å². The minimum absolute atomic E-state index is 0. The molecule has 0 unspecified atom stereocenters. The zero-order chi connectivity index (χ0) is 16.8. The monoisotopic (exact) mass is 372 g/mol. The smallest absolute Gasteiger partial charge is 0.234 e. The van der Waals surface area contributed by atoms with Crippen molar-refractivity contribution in [3.63, 3.8) is 0 Å². The van der Waals surface area contributed by atoms with E-state index in [9.17, 15) is 9.59 Å². The fourth-order valence-corrected chi connectivity index (χ4v) is 4.18. The predicted molar refractivity (Wildman–Crippen MR) is 101 cm³/mol. The molecule has 1 saturated carbocycles. The minimum atomic E-state index is 0. The molecule has 0 aromatic carbocycles. The van der Waals surface area contributed by atoms with Gasteiger partial charge in [0.25, 0.3) is 0 Å². The summed E-state index contributed by atoms with van der Waals surface area (Å²) in [5.41, 5.74) is 0. The summed E-state index contributed by atoms with van der Waals surface area (Å²) in [5.74, 6) is 0.676. The Labute approximate surface area is 157 Å². The van der Waals surface area contributed by atoms with Crippen molar-refractivity contribution < 1.29 is 9.59 Å². The third kappa shape index (κ3) is 6.12. The van der Waals surface area contributed by atoms with E-state index in [-0.39, 0.29) is 24.2 Å². The van der Waals surface area contributed by atoms with Gasteiger partial charge in [-0.25, -0.2) is 0 Å². The minimum Gasteiger partial charge on any atom is -0.352 e. The zero-order valence-corrected chi connectivity index (χ0v) is 16.0. The SMILES string of the molecule is Cl.O=C(CN1CCN(C(=O)C2CCNCC2)CC1)NC1CCCCC1. The number of carbonyl (C=O) groups is 2. The third-order valence-corrected chi connectivity index (χ3v) is 5.71. The first kappa shape index (κ1) is 20.5. The lowest BCUT2D eigenvalue weighted by molar-refractivity contribution is -0.138. The molecule has 0 atom stereocenters. The van der Waals surface area contributed by atoms with Crippen molar-refractivity contribution >= 4 is 24.2 Å². The molecule has 3 fully saturated rings. The van der Waals surface area contributed by atoms with Crippen molar-refractivity contribution in [3.8, 4) is 0 Å². The Bertz CT molecular complexity index is 429. The molecule has 6 nitrogen and oxygen atoms in total. The van der Waals surface area contributed by atoms with Crippen molar-refractivity contribution in [3.05, 3.63) is 0 Å². The van der Waals surface area contributed by atoms with E-state index in [0.717, 1.165) is 65.0 Å². The molecule has 25 heavy (non-hydrogen) atoms. The number of nitrogens with zero attached hydrogens (tertiary/aromatic N) is 2. The van der Waals surface area contributed by atoms with E-state index >= 15 is 0 Å². The van der Waals surface area contributed by atoms with Gasteiger partial charge in [0.05, 0.1) is 6.54 Å². The normalized spacial score (nSPS) is 23.8. The third-order valence-electron chi connectivity index (χ3n) is 5.71. The van der Waals surface area contributed by atoms with Crippen molar-refractivity contribution in [1.82, 2.24) is 20.4 Å². The summed E-state index contributed by atoms with van der Waals surface area (Å²) >= 11 is 0. The van der Waals surface area contributed by atoms with E-state index in [0.29, 0.717) is 18.5 Å². The standard InChI is InChI=1S/C18H32N4O2.ClH/c23-17(20-16-4-2-1-3-5-16)14-21-10-12-22(13-11-21)18(24)15-6-8-19-9-7-15;/h15-16,19H,1-14H2,(H,20,23);1H. The summed E-state index contributed by atoms with van der Waals surface area (Å²) in [4.78, 5) is 28.9. The van der Waals surface area contributed by atoms with E-state index < -0.39 is 0 Å². The second kappa shape index (κ2) is 10.3. The van der Waals surface area contributed by atoms with Gasteiger partial charge in [0.2, 0.25) is 11.8 Å². The molecule has 0 bridgehead atoms. The molecule has 2 amide bonds. The largest absolute Gasteiger partial charge is 0.352 e. The molecule has 3 rings (SSSR count). The van der Waals surface area contributed by atoms with E-state index in [4.69, 9.17) is 0 Å². The molecule has 2 saturated heterocycles. The summed E-state index contributed by atoms with van der Waals surface area (Å²) in [6.07, 6.45) is 7.96. The van der Waals surface area contributed by atoms with Crippen LogP contribution in [0.4, 0.5) is 0 Å². The van der Waals surface area contributed by atoms with Crippen LogP contribution >= 0.6 is 12.4 Å². The molecular formula is C18H33ClN4O2. The Morgan fingerprint density at radius 1 is 0.920 bits per heavy atom. The summed E-state index contributed by atoms with van der Waals surface area (Å²) < 4.78 is 0. The molecule has 0 aromatic heterocycles. The first-order valence-corrected chi connectivity index (χ1v) is 9.73. The fraction of sp³-hybridized carbons (Fsp3) is 0.889. The van der Waals surface area contributed by atoms with Crippen molar-refractivity contribution in [2.45, 2.75) is 51.0 Å². The van der Waals surface area contributed by atoms with Crippen LogP contribution in [0.1, 0.15) is 44.9 Å². The van der Waals surface area contributed by atoms with Crippen molar-refractivity contribution in [2.24, 2.45) is 5.92 Å². The first-order valence-electron chi connectivity index (χ1n) is 9.73. The number of halogens is 1. The molecular weight excluding hydrogens is 340 g/mol. The molecule has 7 heteroatoms. The Balaban J connectivity index is 0.00000225. The summed E-state index contributed by atoms with van der Waals surface area (Å²) in [5, 5.41) is 6.49. The molecule has 0 radical (unpaired) electrons. The highest BCUT2D eigenvalue weighted by Crippen LogP contribution is 2.18. The number of piperazine rings is 1. The number of amides is 2. The van der Waals surface area contributed by atoms with E-state index in [1.165, 1.54) is 19.3 Å². The lowest BCUT2D eigenvalue weighted by atomic mass is 9.95. The summed E-state index contributed by atoms with van der Waals surface area (Å²) in [7, 11) is 0. The van der Waals surface area contributed by atoms with Crippen LogP contribution in [-0.2, 0) is 9.59 Å². The lowest BCUT2D eigenvalue weighted by Crippen LogP contribution is -2.53. The maximum atomic E-state index is 12.5. The Morgan fingerprint density at radius 3 is 2.20 bits per heavy atom. The van der Waals surface area contributed by atoms with Crippen LogP contribution in [0.15, 0.2) is 0 Å². The van der Waals surface area contributed by atoms with Gasteiger partial charge in [-0.3, -0.25) is 14.5 Å². The highest BCUT2D eigenvalue weighted by atomic mass is 35.5. The van der Waals surface area contributed by atoms with Gasteiger partial charge in [0, 0.05) is 38.1 Å². The molecule has 144 valence electrons. The van der Waals surface area contributed by atoms with Gasteiger partial charge in [-0.2, -0.15) is 0 Å². The fourth-order valence-electron chi connectivity index (χ4n) is 4.18. The predicted octanol–water partition coefficient (Wildman–Crippen LogP) is 1.00. The van der Waals surface area contributed by atoms with Gasteiger partial charge >= 0.3 is 0 Å². The molecule has 1 aliphatic carbocycles. The Morgan fingerprint density at radius 2 is 1.56 bits per heavy atom. The van der Waals surface area contributed by atoms with Crippen LogP contribution in [0.25, 0.3) is 0 Å². The van der Waals surface area contributed by atoms with Gasteiger partial charge in [0.1, 0.15) is 0 Å². The van der Waals surface area contributed by atoms with Crippen LogP contribution in [0.5, 0.6) is 0 Å². The molecule has 3 aliphatic rings. The average Bonchev–Trinajstić information content (AvgIpc) is 2.63. The molecule has 0 spiro atoms. The van der Waals surface area contributed by atoms with Gasteiger partial charge in [0.15, 0.2) is 0 Å². The maximum absolute atomic E-state index is 12.5. The second-order valence-corrected chi connectivity index (χ2v) is 7.53. The quantitative estimate of drug-likeness (QED) is 0.772. The Hall–Kier alpha value is -0.850. The van der Waals surface area contributed by atoms with Gasteiger partial charge in [-0.15, -0.1) is 12.4 Å². The topological polar surface area (TPSA) is 64.7 Å². The van der Waals surface area contributed by atoms with E-state index in [1.807, 2.05) is 4.90 Å². The highest BCUT2D eigenvalue weighted by molar-refractivity contribution is 5.85. The number of nitrogens with one attached hydrogen (secondary N) is 2. The van der Waals surface area contributed by atoms with Crippen molar-refractivity contribution in [1.29, 1.82) is 0 Å². The number of rotatable bonds is 4. The lowest BCUT2D eigenvalue weighted by Gasteiger charge is -2.37. The maximum Gasteiger partial charge on any atom is 0.234 e. The van der Waals surface area contributed by atoms with E-state index in [1.54, 1.807) is 0 Å². The molecule has 2 N–H and O–H groups in total. The van der Waals surface area contributed by atoms with E-state index in [2.05, 4.69) is 15.5 Å². The van der Waals surface area contributed by atoms with Crippen LogP contribution in [0, 0.1) is 5.92 Å². The van der Waals surface area contributed by atoms with Crippen LogP contribution < -0.4 is 10.6 Å². The number of hydrogen-bond donors (Lipinski definition) is 2. The molecule has 2 aliphatic heterocycles. The summed E-state index contributed by atoms with van der Waals surface area (Å²) in [6.45, 7) is 5.55.